The van der Waals surface area contributed by atoms with Crippen LogP contribution < -0.4 is 5.73 Å². The number of nitrogens with zero attached hydrogens (tertiary/aromatic N) is 2. The lowest BCUT2D eigenvalue weighted by Gasteiger charge is -2.48. The highest BCUT2D eigenvalue weighted by Gasteiger charge is 2.37. The zero-order chi connectivity index (χ0) is 12.9. The molecule has 0 bridgehead atoms. The number of likely N-dealkylation sites (tertiary alicyclic amines) is 1. The molecule has 0 amide bonds. The lowest BCUT2D eigenvalue weighted by molar-refractivity contribution is 0.0305. The molecule has 0 radical (unpaired) electrons. The molecule has 1 fully saturated rings. The van der Waals surface area contributed by atoms with Gasteiger partial charge in [-0.15, -0.1) is 0 Å². The maximum absolute atomic E-state index is 6.08. The Morgan fingerprint density at radius 3 is 2.06 bits per heavy atom. The molecule has 1 aliphatic heterocycles. The van der Waals surface area contributed by atoms with Gasteiger partial charge in [0.25, 0.3) is 0 Å². The molecule has 1 aliphatic rings. The minimum absolute atomic E-state index is 0.275. The quantitative estimate of drug-likeness (QED) is 0.769. The van der Waals surface area contributed by atoms with E-state index in [1.54, 1.807) is 0 Å². The lowest BCUT2D eigenvalue weighted by atomic mass is 9.85. The van der Waals surface area contributed by atoms with Gasteiger partial charge in [0.1, 0.15) is 0 Å². The van der Waals surface area contributed by atoms with Gasteiger partial charge >= 0.3 is 0 Å². The molecule has 0 atom stereocenters. The molecular formula is C14H31N3. The highest BCUT2D eigenvalue weighted by Crippen LogP contribution is 2.28. The molecule has 0 spiro atoms. The van der Waals surface area contributed by atoms with Gasteiger partial charge in [-0.2, -0.15) is 0 Å². The minimum atomic E-state index is 0.275. The van der Waals surface area contributed by atoms with Crippen LogP contribution in [0.2, 0.25) is 0 Å². The number of hydrogen-bond acceptors (Lipinski definition) is 3. The molecule has 0 aromatic carbocycles. The Morgan fingerprint density at radius 1 is 1.18 bits per heavy atom. The molecule has 2 N–H and O–H groups in total. The fourth-order valence-electron chi connectivity index (χ4n) is 3.21. The maximum atomic E-state index is 6.08. The Morgan fingerprint density at radius 2 is 1.71 bits per heavy atom. The van der Waals surface area contributed by atoms with Crippen molar-refractivity contribution >= 4 is 0 Å². The standard InChI is InChI=1S/C14H31N3/c1-5-17(6-2)14(12-15)7-9-16(10-8-14)11-13(3)4/h13H,5-12,15H2,1-4H3. The van der Waals surface area contributed by atoms with Crippen LogP contribution in [-0.4, -0.2) is 54.6 Å². The van der Waals surface area contributed by atoms with Crippen molar-refractivity contribution in [2.24, 2.45) is 11.7 Å². The molecule has 0 aromatic heterocycles. The first-order chi connectivity index (χ1) is 8.07. The zero-order valence-corrected chi connectivity index (χ0v) is 12.2. The average molecular weight is 241 g/mol. The van der Waals surface area contributed by atoms with E-state index in [1.807, 2.05) is 0 Å². The average Bonchev–Trinajstić information content (AvgIpc) is 2.32. The third-order valence-electron chi connectivity index (χ3n) is 4.22. The monoisotopic (exact) mass is 241 g/mol. The van der Waals surface area contributed by atoms with E-state index >= 15 is 0 Å². The molecule has 0 unspecified atom stereocenters. The third kappa shape index (κ3) is 3.67. The van der Waals surface area contributed by atoms with E-state index in [4.69, 9.17) is 5.73 Å². The van der Waals surface area contributed by atoms with Crippen LogP contribution in [0.5, 0.6) is 0 Å². The Bertz CT molecular complexity index is 204. The van der Waals surface area contributed by atoms with Crippen molar-refractivity contribution in [2.45, 2.75) is 46.1 Å². The fourth-order valence-corrected chi connectivity index (χ4v) is 3.21. The molecule has 1 rings (SSSR count). The summed E-state index contributed by atoms with van der Waals surface area (Å²) >= 11 is 0. The highest BCUT2D eigenvalue weighted by molar-refractivity contribution is 4.95. The summed E-state index contributed by atoms with van der Waals surface area (Å²) in [5.74, 6) is 0.772. The van der Waals surface area contributed by atoms with E-state index in [2.05, 4.69) is 37.5 Å². The fraction of sp³-hybridized carbons (Fsp3) is 1.00. The van der Waals surface area contributed by atoms with Crippen molar-refractivity contribution in [1.29, 1.82) is 0 Å². The number of nitrogens with two attached hydrogens (primary N) is 1. The molecule has 102 valence electrons. The van der Waals surface area contributed by atoms with E-state index in [9.17, 15) is 0 Å². The van der Waals surface area contributed by atoms with Gasteiger partial charge in [0, 0.05) is 18.6 Å². The second-order valence-electron chi connectivity index (χ2n) is 5.80. The molecule has 1 saturated heterocycles. The number of likely N-dealkylation sites (N-methyl/N-ethyl adjacent to an activating group) is 1. The van der Waals surface area contributed by atoms with Gasteiger partial charge in [-0.25, -0.2) is 0 Å². The van der Waals surface area contributed by atoms with Gasteiger partial charge in [0.15, 0.2) is 0 Å². The number of rotatable bonds is 6. The van der Waals surface area contributed by atoms with Crippen LogP contribution in [0.1, 0.15) is 40.5 Å². The predicted molar refractivity (Wildman–Crippen MR) is 75.2 cm³/mol. The summed E-state index contributed by atoms with van der Waals surface area (Å²) in [5, 5.41) is 0. The summed E-state index contributed by atoms with van der Waals surface area (Å²) in [6.45, 7) is 15.8. The van der Waals surface area contributed by atoms with Crippen molar-refractivity contribution in [3.05, 3.63) is 0 Å². The van der Waals surface area contributed by atoms with Crippen molar-refractivity contribution in [1.82, 2.24) is 9.80 Å². The summed E-state index contributed by atoms with van der Waals surface area (Å²) < 4.78 is 0. The molecule has 17 heavy (non-hydrogen) atoms. The zero-order valence-electron chi connectivity index (χ0n) is 12.2. The van der Waals surface area contributed by atoms with Crippen LogP contribution in [0.4, 0.5) is 0 Å². The third-order valence-corrected chi connectivity index (χ3v) is 4.22. The van der Waals surface area contributed by atoms with Crippen LogP contribution in [-0.2, 0) is 0 Å². The van der Waals surface area contributed by atoms with Crippen LogP contribution in [0, 0.1) is 5.92 Å². The smallest absolute Gasteiger partial charge is 0.0355 e. The molecule has 3 heteroatoms. The Hall–Kier alpha value is -0.120. The first-order valence-electron chi connectivity index (χ1n) is 7.25. The molecular weight excluding hydrogens is 210 g/mol. The first-order valence-corrected chi connectivity index (χ1v) is 7.25. The van der Waals surface area contributed by atoms with E-state index in [-0.39, 0.29) is 5.54 Å². The van der Waals surface area contributed by atoms with Gasteiger partial charge in [-0.3, -0.25) is 4.90 Å². The molecule has 0 aromatic rings. The topological polar surface area (TPSA) is 32.5 Å². The van der Waals surface area contributed by atoms with E-state index < -0.39 is 0 Å². The molecule has 1 heterocycles. The first kappa shape index (κ1) is 14.9. The van der Waals surface area contributed by atoms with E-state index in [0.29, 0.717) is 0 Å². The van der Waals surface area contributed by atoms with Crippen molar-refractivity contribution < 1.29 is 0 Å². The maximum Gasteiger partial charge on any atom is 0.0355 e. The second-order valence-corrected chi connectivity index (χ2v) is 5.80. The number of piperidine rings is 1. The minimum Gasteiger partial charge on any atom is -0.329 e. The van der Waals surface area contributed by atoms with Crippen LogP contribution in [0.3, 0.4) is 0 Å². The second kappa shape index (κ2) is 6.72. The highest BCUT2D eigenvalue weighted by atomic mass is 15.2. The molecule has 3 nitrogen and oxygen atoms in total. The summed E-state index contributed by atoms with van der Waals surface area (Å²) in [4.78, 5) is 5.17. The summed E-state index contributed by atoms with van der Waals surface area (Å²) in [6, 6.07) is 0. The lowest BCUT2D eigenvalue weighted by Crippen LogP contribution is -2.59. The number of hydrogen-bond donors (Lipinski definition) is 1. The van der Waals surface area contributed by atoms with Gasteiger partial charge < -0.3 is 10.6 Å². The normalized spacial score (nSPS) is 21.4. The summed E-state index contributed by atoms with van der Waals surface area (Å²) in [7, 11) is 0. The van der Waals surface area contributed by atoms with Crippen molar-refractivity contribution in [3.8, 4) is 0 Å². The Balaban J connectivity index is 2.56. The van der Waals surface area contributed by atoms with Gasteiger partial charge in [-0.1, -0.05) is 27.7 Å². The van der Waals surface area contributed by atoms with Crippen molar-refractivity contribution in [3.63, 3.8) is 0 Å². The predicted octanol–water partition coefficient (Wildman–Crippen LogP) is 1.78. The van der Waals surface area contributed by atoms with Crippen LogP contribution >= 0.6 is 0 Å². The largest absolute Gasteiger partial charge is 0.329 e. The van der Waals surface area contributed by atoms with E-state index in [0.717, 1.165) is 25.6 Å². The summed E-state index contributed by atoms with van der Waals surface area (Å²) in [6.07, 6.45) is 2.47. The Kier molecular flexibility index (Phi) is 5.90. The van der Waals surface area contributed by atoms with Gasteiger partial charge in [0.05, 0.1) is 0 Å². The summed E-state index contributed by atoms with van der Waals surface area (Å²) in [5.41, 5.74) is 6.35. The van der Waals surface area contributed by atoms with Gasteiger partial charge in [-0.05, 0) is 44.9 Å². The van der Waals surface area contributed by atoms with Crippen molar-refractivity contribution in [2.75, 3.05) is 39.3 Å². The Labute approximate surface area is 107 Å². The molecule has 0 aliphatic carbocycles. The van der Waals surface area contributed by atoms with Crippen LogP contribution in [0.25, 0.3) is 0 Å². The molecule has 0 saturated carbocycles. The van der Waals surface area contributed by atoms with Gasteiger partial charge in [0.2, 0.25) is 0 Å². The van der Waals surface area contributed by atoms with Crippen LogP contribution in [0.15, 0.2) is 0 Å². The van der Waals surface area contributed by atoms with E-state index in [1.165, 1.54) is 32.5 Å². The SMILES string of the molecule is CCN(CC)C1(CN)CCN(CC(C)C)CC1.